The summed E-state index contributed by atoms with van der Waals surface area (Å²) in [6, 6.07) is 0. The number of hydrogen-bond donors (Lipinski definition) is 0. The number of rotatable bonds is 0. The first-order valence-electron chi connectivity index (χ1n) is 1.41. The van der Waals surface area contributed by atoms with E-state index in [1.54, 1.807) is 0 Å². The molecule has 0 heterocycles. The average molecular weight is 320 g/mol. The van der Waals surface area contributed by atoms with Crippen LogP contribution in [-0.4, -0.2) is 14.6 Å². The van der Waals surface area contributed by atoms with E-state index in [4.69, 9.17) is 30.1 Å². The molecule has 0 saturated carbocycles. The molecular formula is B2CrO6Sm. The molecule has 0 rings (SSSR count). The van der Waals surface area contributed by atoms with Crippen molar-refractivity contribution >= 4 is 14.6 Å². The van der Waals surface area contributed by atoms with E-state index in [9.17, 15) is 0 Å². The van der Waals surface area contributed by atoms with Crippen molar-refractivity contribution in [2.75, 3.05) is 0 Å². The molecule has 0 aromatic heterocycles. The first-order valence-corrected chi connectivity index (χ1v) is 1.41. The van der Waals surface area contributed by atoms with Crippen molar-refractivity contribution in [3.8, 4) is 0 Å². The van der Waals surface area contributed by atoms with Crippen LogP contribution >= 0.6 is 0 Å². The molecule has 0 aliphatic rings. The Balaban J connectivity index is -0.0000000300. The van der Waals surface area contributed by atoms with Gasteiger partial charge < -0.3 is 30.1 Å². The van der Waals surface area contributed by atoms with Crippen LogP contribution in [0, 0.1) is 40.4 Å². The van der Waals surface area contributed by atoms with Crippen molar-refractivity contribution in [2.24, 2.45) is 0 Å². The van der Waals surface area contributed by atoms with Gasteiger partial charge in [-0.05, 0) is 0 Å². The van der Waals surface area contributed by atoms with Gasteiger partial charge in [0.25, 0.3) is 0 Å². The van der Waals surface area contributed by atoms with Crippen LogP contribution in [0.15, 0.2) is 0 Å². The fourth-order valence-corrected chi connectivity index (χ4v) is 0. The van der Waals surface area contributed by atoms with Gasteiger partial charge in [0, 0.05) is 0 Å². The van der Waals surface area contributed by atoms with Gasteiger partial charge in [-0.15, -0.1) is 0 Å². The van der Waals surface area contributed by atoms with Crippen molar-refractivity contribution in [1.29, 1.82) is 0 Å². The Morgan fingerprint density at radius 3 is 0.600 bits per heavy atom. The summed E-state index contributed by atoms with van der Waals surface area (Å²) in [6.45, 7) is 0. The SMILES string of the molecule is [Cr+3].[O-]B([O-])[O-].[O-]B([O-])[O-].[Sm+3]. The maximum atomic E-state index is 8.42. The molecule has 0 amide bonds. The summed E-state index contributed by atoms with van der Waals surface area (Å²) < 4.78 is 0. The molecule has 0 saturated heterocycles. The Morgan fingerprint density at radius 1 is 0.600 bits per heavy atom. The quantitative estimate of drug-likeness (QED) is 0.406. The van der Waals surface area contributed by atoms with Gasteiger partial charge in [-0.3, -0.25) is 14.6 Å². The van der Waals surface area contributed by atoms with Gasteiger partial charge >= 0.3 is 57.7 Å². The first-order chi connectivity index (χ1) is 3.46. The van der Waals surface area contributed by atoms with Crippen LogP contribution in [0.4, 0.5) is 0 Å². The van der Waals surface area contributed by atoms with Gasteiger partial charge in [0.15, 0.2) is 0 Å². The Morgan fingerprint density at radius 2 is 0.600 bits per heavy atom. The van der Waals surface area contributed by atoms with Crippen LogP contribution in [0.5, 0.6) is 0 Å². The molecule has 0 spiro atoms. The Bertz CT molecular complexity index is 31.2. The Labute approximate surface area is 101 Å². The summed E-state index contributed by atoms with van der Waals surface area (Å²) in [6.07, 6.45) is 0. The predicted molar refractivity (Wildman–Crippen MR) is 11.5 cm³/mol. The second-order valence-corrected chi connectivity index (χ2v) is 0.577. The minimum atomic E-state index is -2.92. The van der Waals surface area contributed by atoms with Crippen molar-refractivity contribution in [3.63, 3.8) is 0 Å². The van der Waals surface area contributed by atoms with E-state index in [1.807, 2.05) is 0 Å². The summed E-state index contributed by atoms with van der Waals surface area (Å²) in [7, 11) is -5.83. The molecule has 10 heteroatoms. The first kappa shape index (κ1) is 22.6. The molecule has 0 unspecified atom stereocenters. The van der Waals surface area contributed by atoms with Gasteiger partial charge in [0.05, 0.1) is 0 Å². The van der Waals surface area contributed by atoms with Crippen LogP contribution < -0.4 is 30.1 Å². The van der Waals surface area contributed by atoms with Crippen molar-refractivity contribution in [1.82, 2.24) is 0 Å². The largest absolute Gasteiger partial charge is 3.00 e. The van der Waals surface area contributed by atoms with Gasteiger partial charge in [-0.2, -0.15) is 0 Å². The molecule has 0 bridgehead atoms. The Kier molecular flexibility index (Phi) is 38.5. The topological polar surface area (TPSA) is 138 Å². The van der Waals surface area contributed by atoms with Crippen molar-refractivity contribution in [3.05, 3.63) is 0 Å². The third-order valence-corrected chi connectivity index (χ3v) is 0. The zero-order chi connectivity index (χ0) is 7.15. The Hall–Kier alpha value is 1.76. The van der Waals surface area contributed by atoms with E-state index < -0.39 is 14.6 Å². The molecule has 0 N–H and O–H groups in total. The fourth-order valence-electron chi connectivity index (χ4n) is 0. The molecule has 0 aromatic carbocycles. The smallest absolute Gasteiger partial charge is 0.907 e. The second-order valence-electron chi connectivity index (χ2n) is 0.577. The molecule has 0 aliphatic carbocycles. The average Bonchev–Trinajstić information content (AvgIpc) is 1.25. The molecule has 0 fully saturated rings. The molecular weight excluding hydrogens is 320 g/mol. The maximum Gasteiger partial charge on any atom is 3.00 e. The predicted octanol–water partition coefficient (Wildman–Crippen LogP) is -7.90. The summed E-state index contributed by atoms with van der Waals surface area (Å²) in [5.41, 5.74) is 0. The summed E-state index contributed by atoms with van der Waals surface area (Å²) in [5, 5.41) is 50.5. The summed E-state index contributed by atoms with van der Waals surface area (Å²) in [5.74, 6) is 0. The third-order valence-electron chi connectivity index (χ3n) is 0. The molecule has 0 atom stereocenters. The standard InChI is InChI=1S/2BO3.Cr.Sm/c2*2-1(3)4;;/q2*-3;2*+3. The van der Waals surface area contributed by atoms with Gasteiger partial charge in [0.1, 0.15) is 0 Å². The van der Waals surface area contributed by atoms with Gasteiger partial charge in [-0.25, -0.2) is 0 Å². The van der Waals surface area contributed by atoms with E-state index >= 15 is 0 Å². The van der Waals surface area contributed by atoms with E-state index in [0.717, 1.165) is 0 Å². The van der Waals surface area contributed by atoms with Gasteiger partial charge in [0.2, 0.25) is 0 Å². The van der Waals surface area contributed by atoms with Gasteiger partial charge in [-0.1, -0.05) is 0 Å². The second kappa shape index (κ2) is 17.0. The summed E-state index contributed by atoms with van der Waals surface area (Å²) in [4.78, 5) is 0. The van der Waals surface area contributed by atoms with Crippen molar-refractivity contribution in [2.45, 2.75) is 0 Å². The van der Waals surface area contributed by atoms with Crippen LogP contribution in [-0.2, 0) is 17.4 Å². The van der Waals surface area contributed by atoms with Crippen LogP contribution in [0.3, 0.4) is 0 Å². The van der Waals surface area contributed by atoms with Crippen molar-refractivity contribution < 1.29 is 87.9 Å². The fraction of sp³-hybridized carbons (Fsp3) is 0. The van der Waals surface area contributed by atoms with Crippen LogP contribution in [0.2, 0.25) is 0 Å². The maximum absolute atomic E-state index is 8.42. The zero-order valence-electron chi connectivity index (χ0n) is 4.42. The molecule has 2 radical (unpaired) electrons. The van der Waals surface area contributed by atoms with E-state index in [1.165, 1.54) is 0 Å². The molecule has 54 valence electrons. The van der Waals surface area contributed by atoms with E-state index in [-0.39, 0.29) is 57.7 Å². The molecule has 0 aliphatic heterocycles. The minimum absolute atomic E-state index is 0. The van der Waals surface area contributed by atoms with Crippen LogP contribution in [0.1, 0.15) is 0 Å². The molecule has 6 nitrogen and oxygen atoms in total. The number of hydrogen-bond acceptors (Lipinski definition) is 6. The zero-order valence-corrected chi connectivity index (χ0v) is 8.32. The van der Waals surface area contributed by atoms with E-state index in [0.29, 0.717) is 0 Å². The molecule has 0 aromatic rings. The third kappa shape index (κ3) is 242. The monoisotopic (exact) mass is 322 g/mol. The van der Waals surface area contributed by atoms with E-state index in [2.05, 4.69) is 0 Å². The normalized spacial score (nSPS) is 5.40. The van der Waals surface area contributed by atoms with Crippen LogP contribution in [0.25, 0.3) is 0 Å². The molecule has 10 heavy (non-hydrogen) atoms. The summed E-state index contributed by atoms with van der Waals surface area (Å²) >= 11 is 0. The minimum Gasteiger partial charge on any atom is -0.907 e.